The number of ether oxygens (including phenoxy) is 2. The van der Waals surface area contributed by atoms with Crippen LogP contribution in [0.25, 0.3) is 0 Å². The summed E-state index contributed by atoms with van der Waals surface area (Å²) in [4.78, 5) is 24.6. The lowest BCUT2D eigenvalue weighted by atomic mass is 9.79. The van der Waals surface area contributed by atoms with Crippen LogP contribution in [0.2, 0.25) is 0 Å². The van der Waals surface area contributed by atoms with E-state index < -0.39 is 0 Å². The molecule has 1 rings (SSSR count). The molecule has 4 nitrogen and oxygen atoms in total. The first-order chi connectivity index (χ1) is 12.7. The van der Waals surface area contributed by atoms with Crippen molar-refractivity contribution >= 4 is 11.9 Å². The highest BCUT2D eigenvalue weighted by atomic mass is 16.5. The van der Waals surface area contributed by atoms with Crippen LogP contribution in [-0.4, -0.2) is 25.2 Å². The van der Waals surface area contributed by atoms with E-state index in [9.17, 15) is 9.59 Å². The van der Waals surface area contributed by atoms with Crippen molar-refractivity contribution in [3.8, 4) is 0 Å². The minimum absolute atomic E-state index is 0.192. The Kier molecular flexibility index (Phi) is 13.3. The molecule has 26 heavy (non-hydrogen) atoms. The van der Waals surface area contributed by atoms with Gasteiger partial charge in [-0.2, -0.15) is 0 Å². The molecule has 0 radical (unpaired) electrons. The molecule has 0 spiro atoms. The van der Waals surface area contributed by atoms with Crippen LogP contribution in [-0.2, 0) is 19.1 Å². The van der Waals surface area contributed by atoms with Gasteiger partial charge in [-0.3, -0.25) is 9.59 Å². The third kappa shape index (κ3) is 9.59. The fourth-order valence-corrected chi connectivity index (χ4v) is 3.70. The Morgan fingerprint density at radius 1 is 0.654 bits per heavy atom. The van der Waals surface area contributed by atoms with Gasteiger partial charge in [0, 0.05) is 0 Å². The molecule has 0 N–H and O–H groups in total. The van der Waals surface area contributed by atoms with E-state index in [4.69, 9.17) is 9.47 Å². The van der Waals surface area contributed by atoms with Crippen molar-refractivity contribution in [3.05, 3.63) is 0 Å². The van der Waals surface area contributed by atoms with Crippen molar-refractivity contribution in [1.82, 2.24) is 0 Å². The number of esters is 2. The number of carbonyl (C=O) groups excluding carboxylic acids is 2. The molecule has 0 aromatic carbocycles. The van der Waals surface area contributed by atoms with E-state index in [1.807, 2.05) is 6.92 Å². The van der Waals surface area contributed by atoms with Gasteiger partial charge < -0.3 is 9.47 Å². The molecular formula is C22H40O4. The van der Waals surface area contributed by atoms with E-state index in [2.05, 4.69) is 6.92 Å². The molecule has 2 unspecified atom stereocenters. The Morgan fingerprint density at radius 2 is 1.12 bits per heavy atom. The molecule has 152 valence electrons. The van der Waals surface area contributed by atoms with E-state index in [1.165, 1.54) is 44.9 Å². The van der Waals surface area contributed by atoms with Gasteiger partial charge in [0.15, 0.2) is 0 Å². The molecule has 0 saturated heterocycles. The summed E-state index contributed by atoms with van der Waals surface area (Å²) in [5, 5.41) is 0. The zero-order valence-electron chi connectivity index (χ0n) is 17.1. The maximum absolute atomic E-state index is 12.4. The van der Waals surface area contributed by atoms with Crippen molar-refractivity contribution in [2.75, 3.05) is 13.2 Å². The molecule has 0 aliphatic heterocycles. The average Bonchev–Trinajstić information content (AvgIpc) is 2.67. The highest BCUT2D eigenvalue weighted by molar-refractivity contribution is 5.82. The molecule has 0 aromatic rings. The van der Waals surface area contributed by atoms with Gasteiger partial charge in [0.25, 0.3) is 0 Å². The van der Waals surface area contributed by atoms with Crippen molar-refractivity contribution < 1.29 is 19.1 Å². The smallest absolute Gasteiger partial charge is 0.309 e. The zero-order chi connectivity index (χ0) is 19.0. The Bertz CT molecular complexity index is 380. The van der Waals surface area contributed by atoms with Crippen LogP contribution < -0.4 is 0 Å². The van der Waals surface area contributed by atoms with Crippen LogP contribution in [0.15, 0.2) is 0 Å². The summed E-state index contributed by atoms with van der Waals surface area (Å²) in [5.74, 6) is -1.00. The predicted octanol–water partition coefficient (Wildman–Crippen LogP) is 5.82. The second kappa shape index (κ2) is 15.0. The molecule has 0 aromatic heterocycles. The van der Waals surface area contributed by atoms with Crippen LogP contribution in [0.4, 0.5) is 0 Å². The summed E-state index contributed by atoms with van der Waals surface area (Å²) in [6.45, 7) is 5.15. The van der Waals surface area contributed by atoms with Crippen molar-refractivity contribution in [2.24, 2.45) is 11.8 Å². The third-order valence-electron chi connectivity index (χ3n) is 5.31. The summed E-state index contributed by atoms with van der Waals surface area (Å²) in [7, 11) is 0. The lowest BCUT2D eigenvalue weighted by molar-refractivity contribution is -0.163. The molecule has 0 bridgehead atoms. The Hall–Kier alpha value is -1.06. The highest BCUT2D eigenvalue weighted by Gasteiger charge is 2.37. The molecule has 0 heterocycles. The minimum atomic E-state index is -0.300. The van der Waals surface area contributed by atoms with E-state index in [-0.39, 0.29) is 23.8 Å². The molecular weight excluding hydrogens is 328 g/mol. The molecule has 2 atom stereocenters. The Labute approximate surface area is 160 Å². The van der Waals surface area contributed by atoms with Gasteiger partial charge in [-0.1, -0.05) is 78.1 Å². The van der Waals surface area contributed by atoms with Crippen molar-refractivity contribution in [3.63, 3.8) is 0 Å². The fraction of sp³-hybridized carbons (Fsp3) is 0.909. The predicted molar refractivity (Wildman–Crippen MR) is 105 cm³/mol. The molecule has 0 amide bonds. The summed E-state index contributed by atoms with van der Waals surface area (Å²) in [6.07, 6.45) is 15.5. The summed E-state index contributed by atoms with van der Waals surface area (Å²) in [5.41, 5.74) is 0. The lowest BCUT2D eigenvalue weighted by Gasteiger charge is -2.28. The van der Waals surface area contributed by atoms with E-state index in [1.54, 1.807) is 0 Å². The largest absolute Gasteiger partial charge is 0.465 e. The number of rotatable bonds is 14. The van der Waals surface area contributed by atoms with Gasteiger partial charge in [-0.05, 0) is 25.7 Å². The van der Waals surface area contributed by atoms with Crippen LogP contribution in [0.5, 0.6) is 0 Å². The summed E-state index contributed by atoms with van der Waals surface area (Å²) < 4.78 is 10.7. The Balaban J connectivity index is 2.15. The maximum Gasteiger partial charge on any atom is 0.309 e. The van der Waals surface area contributed by atoms with Gasteiger partial charge in [0.1, 0.15) is 0 Å². The zero-order valence-corrected chi connectivity index (χ0v) is 17.1. The molecule has 1 fully saturated rings. The van der Waals surface area contributed by atoms with E-state index >= 15 is 0 Å². The Morgan fingerprint density at radius 3 is 1.62 bits per heavy atom. The molecule has 4 heteroatoms. The van der Waals surface area contributed by atoms with Gasteiger partial charge in [0.05, 0.1) is 25.0 Å². The highest BCUT2D eigenvalue weighted by Crippen LogP contribution is 2.32. The second-order valence-corrected chi connectivity index (χ2v) is 7.66. The quantitative estimate of drug-likeness (QED) is 0.286. The first-order valence-corrected chi connectivity index (χ1v) is 11.0. The van der Waals surface area contributed by atoms with Crippen LogP contribution in [0, 0.1) is 11.8 Å². The fourth-order valence-electron chi connectivity index (χ4n) is 3.70. The molecule has 1 aliphatic rings. The van der Waals surface area contributed by atoms with Gasteiger partial charge in [-0.15, -0.1) is 0 Å². The van der Waals surface area contributed by atoms with Crippen molar-refractivity contribution in [1.29, 1.82) is 0 Å². The first kappa shape index (κ1) is 23.0. The third-order valence-corrected chi connectivity index (χ3v) is 5.31. The SMILES string of the molecule is CCCCCCCCCCCOC(=O)C1CCCCC1C(=O)OCCC. The van der Waals surface area contributed by atoms with E-state index in [0.717, 1.165) is 44.9 Å². The minimum Gasteiger partial charge on any atom is -0.465 e. The average molecular weight is 369 g/mol. The van der Waals surface area contributed by atoms with Gasteiger partial charge in [0.2, 0.25) is 0 Å². The van der Waals surface area contributed by atoms with Gasteiger partial charge >= 0.3 is 11.9 Å². The van der Waals surface area contributed by atoms with Gasteiger partial charge in [-0.25, -0.2) is 0 Å². The normalized spacial score (nSPS) is 19.9. The lowest BCUT2D eigenvalue weighted by Crippen LogP contribution is -2.35. The topological polar surface area (TPSA) is 52.6 Å². The van der Waals surface area contributed by atoms with E-state index in [0.29, 0.717) is 13.2 Å². The second-order valence-electron chi connectivity index (χ2n) is 7.66. The number of carbonyl (C=O) groups is 2. The van der Waals surface area contributed by atoms with Crippen LogP contribution >= 0.6 is 0 Å². The first-order valence-electron chi connectivity index (χ1n) is 11.0. The summed E-state index contributed by atoms with van der Waals surface area (Å²) in [6, 6.07) is 0. The summed E-state index contributed by atoms with van der Waals surface area (Å²) >= 11 is 0. The number of hydrogen-bond donors (Lipinski definition) is 0. The standard InChI is InChI=1S/C22H40O4/c1-3-5-6-7-8-9-10-11-14-18-26-22(24)20-16-13-12-15-19(20)21(23)25-17-4-2/h19-20H,3-18H2,1-2H3. The van der Waals surface area contributed by atoms with Crippen LogP contribution in [0.3, 0.4) is 0 Å². The number of unbranched alkanes of at least 4 members (excludes halogenated alkanes) is 8. The molecule has 1 aliphatic carbocycles. The van der Waals surface area contributed by atoms with Crippen molar-refractivity contribution in [2.45, 2.75) is 104 Å². The van der Waals surface area contributed by atoms with Crippen LogP contribution in [0.1, 0.15) is 104 Å². The molecule has 1 saturated carbocycles. The maximum atomic E-state index is 12.4. The number of hydrogen-bond acceptors (Lipinski definition) is 4. The monoisotopic (exact) mass is 368 g/mol.